The molecule has 5 aromatic rings. The van der Waals surface area contributed by atoms with Gasteiger partial charge in [-0.1, -0.05) is 17.7 Å². The third-order valence-corrected chi connectivity index (χ3v) is 11.0. The van der Waals surface area contributed by atoms with Crippen LogP contribution in [-0.4, -0.2) is 62.0 Å². The van der Waals surface area contributed by atoms with Crippen LogP contribution in [0.5, 0.6) is 5.88 Å². The number of pyridine rings is 2. The highest BCUT2D eigenvalue weighted by Gasteiger charge is 2.56. The predicted octanol–water partition coefficient (Wildman–Crippen LogP) is 6.46. The summed E-state index contributed by atoms with van der Waals surface area (Å²) >= 11 is 5.96. The van der Waals surface area contributed by atoms with Gasteiger partial charge in [-0.2, -0.15) is 0 Å². The first-order valence-corrected chi connectivity index (χ1v) is 18.1. The summed E-state index contributed by atoms with van der Waals surface area (Å²) in [6.45, 7) is 4.42. The molecule has 11 nitrogen and oxygen atoms in total. The number of rotatable bonds is 10. The van der Waals surface area contributed by atoms with E-state index in [-0.39, 0.29) is 17.9 Å². The Morgan fingerprint density at radius 1 is 1.04 bits per heavy atom. The molecule has 0 unspecified atom stereocenters. The van der Waals surface area contributed by atoms with Crippen molar-refractivity contribution in [1.29, 1.82) is 0 Å². The van der Waals surface area contributed by atoms with Gasteiger partial charge in [0.1, 0.15) is 12.4 Å². The summed E-state index contributed by atoms with van der Waals surface area (Å²) in [5.41, 5.74) is 6.28. The number of hydrogen-bond donors (Lipinski definition) is 2. The number of anilines is 2. The van der Waals surface area contributed by atoms with Gasteiger partial charge in [0.05, 0.1) is 46.4 Å². The van der Waals surface area contributed by atoms with Crippen molar-refractivity contribution in [2.24, 2.45) is 0 Å². The minimum atomic E-state index is -0.411. The maximum atomic E-state index is 13.4. The molecule has 0 radical (unpaired) electrons. The fourth-order valence-corrected chi connectivity index (χ4v) is 7.67. The molecule has 260 valence electrons. The summed E-state index contributed by atoms with van der Waals surface area (Å²) < 4.78 is 14.0. The first-order chi connectivity index (χ1) is 24.9. The number of fused-ring (bicyclic) bond motifs is 3. The van der Waals surface area contributed by atoms with Crippen molar-refractivity contribution in [3.8, 4) is 5.88 Å². The molecule has 9 rings (SSSR count). The minimum absolute atomic E-state index is 0.0616. The van der Waals surface area contributed by atoms with Gasteiger partial charge in [-0.15, -0.1) is 0 Å². The zero-order valence-electron chi connectivity index (χ0n) is 28.1. The lowest BCUT2D eigenvalue weighted by molar-refractivity contribution is -0.117. The maximum Gasteiger partial charge on any atom is 0.255 e. The van der Waals surface area contributed by atoms with E-state index in [2.05, 4.69) is 31.2 Å². The Hall–Kier alpha value is -4.84. The van der Waals surface area contributed by atoms with Crippen LogP contribution in [0.25, 0.3) is 11.0 Å². The number of benzene rings is 2. The lowest BCUT2D eigenvalue weighted by atomic mass is 9.93. The lowest BCUT2D eigenvalue weighted by Crippen LogP contribution is -2.35. The molecule has 2 aromatic carbocycles. The second kappa shape index (κ2) is 13.0. The van der Waals surface area contributed by atoms with E-state index in [1.807, 2.05) is 54.6 Å². The summed E-state index contributed by atoms with van der Waals surface area (Å²) in [5, 5.41) is 6.62. The molecule has 1 aliphatic carbocycles. The fraction of sp³-hybridized carbons (Fsp3) is 0.359. The average molecular weight is 704 g/mol. The van der Waals surface area contributed by atoms with Gasteiger partial charge in [-0.05, 0) is 105 Å². The molecule has 6 heterocycles. The number of aromatic nitrogens is 4. The van der Waals surface area contributed by atoms with Crippen LogP contribution in [0.3, 0.4) is 0 Å². The number of carbonyl (C=O) groups is 2. The summed E-state index contributed by atoms with van der Waals surface area (Å²) in [7, 11) is 0. The van der Waals surface area contributed by atoms with Gasteiger partial charge in [0, 0.05) is 47.4 Å². The van der Waals surface area contributed by atoms with Crippen LogP contribution < -0.4 is 15.4 Å². The van der Waals surface area contributed by atoms with E-state index in [1.54, 1.807) is 12.3 Å². The number of piperidine rings is 1. The van der Waals surface area contributed by atoms with E-state index in [9.17, 15) is 9.59 Å². The van der Waals surface area contributed by atoms with Crippen molar-refractivity contribution in [2.45, 2.75) is 69.2 Å². The standard InChI is InChI=1S/C39H38ClN7O4/c40-26-5-6-28(41-20-26)23-51-36-3-1-2-31(44-36)24-10-15-46(16-11-24)22-35-43-33-18-25(4-9-34(33)47(35)21-29-12-17-50-29)37(48)42-27-7-8-32-30(19-27)39(13-14-39)38(49)45-32/h1-9,18-20,24,29H,10-17,21-23H2,(H,42,48)(H,45,49)/t29-/m0/s1. The summed E-state index contributed by atoms with van der Waals surface area (Å²) in [5.74, 6) is 1.78. The molecule has 12 heteroatoms. The van der Waals surface area contributed by atoms with E-state index in [0.717, 1.165) is 97.8 Å². The van der Waals surface area contributed by atoms with Gasteiger partial charge in [-0.3, -0.25) is 19.5 Å². The number of amides is 2. The Kier molecular flexibility index (Phi) is 8.21. The number of hydrogen-bond acceptors (Lipinski definition) is 8. The quantitative estimate of drug-likeness (QED) is 0.170. The third-order valence-electron chi connectivity index (χ3n) is 10.8. The summed E-state index contributed by atoms with van der Waals surface area (Å²) in [6.07, 6.45) is 6.48. The SMILES string of the molecule is O=C(Nc1ccc2c(c1)C1(CC1)C(=O)N2)c1ccc2c(c1)nc(CN1CCC(c3cccc(OCc4ccc(Cl)cn4)n3)CC1)n2C[C@@H]1CCO1. The maximum absolute atomic E-state index is 13.4. The molecular formula is C39H38ClN7O4. The Labute approximate surface area is 300 Å². The molecule has 3 aromatic heterocycles. The molecule has 4 aliphatic rings. The van der Waals surface area contributed by atoms with Crippen molar-refractivity contribution in [3.63, 3.8) is 0 Å². The van der Waals surface area contributed by atoms with Gasteiger partial charge < -0.3 is 24.7 Å². The molecule has 1 spiro atoms. The number of nitrogens with zero attached hydrogens (tertiary/aromatic N) is 5. The van der Waals surface area contributed by atoms with Crippen molar-refractivity contribution in [1.82, 2.24) is 24.4 Å². The lowest BCUT2D eigenvalue weighted by Gasteiger charge is -2.32. The molecule has 2 saturated heterocycles. The van der Waals surface area contributed by atoms with Gasteiger partial charge in [0.25, 0.3) is 5.91 Å². The molecule has 3 fully saturated rings. The molecule has 2 N–H and O–H groups in total. The second-order valence-electron chi connectivity index (χ2n) is 14.1. The first kappa shape index (κ1) is 32.1. The predicted molar refractivity (Wildman–Crippen MR) is 193 cm³/mol. The highest BCUT2D eigenvalue weighted by atomic mass is 35.5. The number of halogens is 1. The number of carbonyl (C=O) groups excluding carboxylic acids is 2. The monoisotopic (exact) mass is 703 g/mol. The van der Waals surface area contributed by atoms with Crippen LogP contribution in [-0.2, 0) is 34.6 Å². The van der Waals surface area contributed by atoms with Gasteiger partial charge >= 0.3 is 0 Å². The van der Waals surface area contributed by atoms with Gasteiger partial charge in [0.2, 0.25) is 11.8 Å². The zero-order chi connectivity index (χ0) is 34.5. The van der Waals surface area contributed by atoms with Gasteiger partial charge in [-0.25, -0.2) is 9.97 Å². The summed E-state index contributed by atoms with van der Waals surface area (Å²) in [6, 6.07) is 21.0. The van der Waals surface area contributed by atoms with E-state index >= 15 is 0 Å². The highest BCUT2D eigenvalue weighted by Crippen LogP contribution is 2.55. The molecule has 1 atom stereocenters. The Balaban J connectivity index is 0.872. The van der Waals surface area contributed by atoms with E-state index in [1.165, 1.54) is 0 Å². The smallest absolute Gasteiger partial charge is 0.255 e. The topological polar surface area (TPSA) is 124 Å². The van der Waals surface area contributed by atoms with Crippen LogP contribution >= 0.6 is 11.6 Å². The minimum Gasteiger partial charge on any atom is -0.471 e. The van der Waals surface area contributed by atoms with Crippen LogP contribution in [0.2, 0.25) is 5.02 Å². The number of likely N-dealkylation sites (tertiary alicyclic amines) is 1. The number of nitrogens with one attached hydrogen (secondary N) is 2. The van der Waals surface area contributed by atoms with Crippen LogP contribution in [0.1, 0.15) is 71.2 Å². The zero-order valence-corrected chi connectivity index (χ0v) is 28.9. The number of imidazole rings is 1. The van der Waals surface area contributed by atoms with Crippen molar-refractivity contribution < 1.29 is 19.1 Å². The molecule has 2 amide bonds. The molecule has 1 saturated carbocycles. The number of ether oxygens (including phenoxy) is 2. The van der Waals surface area contributed by atoms with Crippen LogP contribution in [0, 0.1) is 0 Å². The van der Waals surface area contributed by atoms with Gasteiger partial charge in [0.15, 0.2) is 0 Å². The average Bonchev–Trinajstić information content (AvgIpc) is 3.81. The van der Waals surface area contributed by atoms with E-state index in [0.29, 0.717) is 41.2 Å². The molecule has 3 aliphatic heterocycles. The molecule has 51 heavy (non-hydrogen) atoms. The second-order valence-corrected chi connectivity index (χ2v) is 14.5. The Morgan fingerprint density at radius 2 is 1.90 bits per heavy atom. The van der Waals surface area contributed by atoms with E-state index in [4.69, 9.17) is 31.0 Å². The molecular weight excluding hydrogens is 666 g/mol. The molecule has 0 bridgehead atoms. The van der Waals surface area contributed by atoms with Crippen LogP contribution in [0.4, 0.5) is 11.4 Å². The fourth-order valence-electron chi connectivity index (χ4n) is 7.56. The normalized spacial score (nSPS) is 19.5. The highest BCUT2D eigenvalue weighted by molar-refractivity contribution is 6.30. The third kappa shape index (κ3) is 6.34. The first-order valence-electron chi connectivity index (χ1n) is 17.7. The van der Waals surface area contributed by atoms with Crippen molar-refractivity contribution in [2.75, 3.05) is 30.3 Å². The van der Waals surface area contributed by atoms with Crippen LogP contribution in [0.15, 0.2) is 72.9 Å². The largest absolute Gasteiger partial charge is 0.471 e. The summed E-state index contributed by atoms with van der Waals surface area (Å²) in [4.78, 5) is 42.6. The van der Waals surface area contributed by atoms with Crippen molar-refractivity contribution >= 4 is 45.8 Å². The van der Waals surface area contributed by atoms with E-state index < -0.39 is 5.41 Å². The Morgan fingerprint density at radius 3 is 2.67 bits per heavy atom. The Bertz CT molecular complexity index is 2140. The van der Waals surface area contributed by atoms with Crippen molar-refractivity contribution in [3.05, 3.63) is 106 Å².